The third-order valence-corrected chi connectivity index (χ3v) is 11.1. The van der Waals surface area contributed by atoms with Crippen LogP contribution in [-0.4, -0.2) is 112 Å². The van der Waals surface area contributed by atoms with Crippen molar-refractivity contribution in [2.24, 2.45) is 0 Å². The van der Waals surface area contributed by atoms with Crippen molar-refractivity contribution in [3.05, 3.63) is 54.6 Å². The molecule has 0 aliphatic rings. The normalized spacial score (nSPS) is 11.7. The van der Waals surface area contributed by atoms with Crippen molar-refractivity contribution in [3.8, 4) is 131 Å². The maximum Gasteiger partial charge on any atom is 0.206 e. The van der Waals surface area contributed by atoms with E-state index in [0.717, 1.165) is 10.1 Å². The Morgan fingerprint density at radius 1 is 0.286 bits per heavy atom. The molecule has 0 fully saturated rings. The van der Waals surface area contributed by atoms with Crippen LogP contribution in [0.5, 0.6) is 97.7 Å². The van der Waals surface area contributed by atoms with Crippen molar-refractivity contribution in [1.82, 2.24) is 9.13 Å². The van der Waals surface area contributed by atoms with Crippen LogP contribution in [0.2, 0.25) is 0 Å². The third kappa shape index (κ3) is 4.80. The number of rotatable bonds is 4. The van der Waals surface area contributed by atoms with Crippen molar-refractivity contribution in [3.63, 3.8) is 0 Å². The average molecular weight is 852 g/mol. The van der Waals surface area contributed by atoms with Crippen LogP contribution in [0, 0.1) is 0 Å². The van der Waals surface area contributed by atoms with E-state index in [9.17, 15) is 86.8 Å². The summed E-state index contributed by atoms with van der Waals surface area (Å²) in [6, 6.07) is 15.1. The summed E-state index contributed by atoms with van der Waals surface area (Å²) in [5.41, 5.74) is -6.76. The lowest BCUT2D eigenvalue weighted by atomic mass is 9.78. The van der Waals surface area contributed by atoms with Crippen LogP contribution in [-0.2, 0) is 0 Å². The van der Waals surface area contributed by atoms with Crippen LogP contribution in [0.25, 0.3) is 77.2 Å². The standard InChI is InChI=1S/C42H26B2N2O17/c43-19-20(44)33(54)38(59)25(32(19)53)46-23-14(16-24(46)37(58)42(63)40(61)29(16)50)27(48)18(31(52)35(23)56)17-26(47)13-15-22(36(57)41(62)39(60)28(15)49)45(21(13)34(55)30(17)51)12-8-6-11(7-9-12)10-4-2-1-3-5-10/h1-9,47-63H. The molecule has 2 aromatic heterocycles. The monoisotopic (exact) mass is 852 g/mol. The first-order valence-electron chi connectivity index (χ1n) is 18.0. The Kier molecular flexibility index (Phi) is 8.08. The molecule has 0 unspecified atom stereocenters. The molecule has 0 aliphatic carbocycles. The minimum atomic E-state index is -1.53. The fraction of sp³-hybridized carbons (Fsp3) is 0. The summed E-state index contributed by atoms with van der Waals surface area (Å²) >= 11 is 0. The minimum absolute atomic E-state index is 0.0491. The second-order valence-corrected chi connectivity index (χ2v) is 14.3. The largest absolute Gasteiger partial charge is 0.506 e. The van der Waals surface area contributed by atoms with E-state index >= 15 is 0 Å². The van der Waals surface area contributed by atoms with Gasteiger partial charge in [-0.15, -0.1) is 0 Å². The molecule has 63 heavy (non-hydrogen) atoms. The van der Waals surface area contributed by atoms with Crippen molar-refractivity contribution in [2.45, 2.75) is 0 Å². The molecule has 9 aromatic rings. The van der Waals surface area contributed by atoms with Gasteiger partial charge in [0.2, 0.25) is 23.0 Å². The van der Waals surface area contributed by atoms with Gasteiger partial charge in [0.1, 0.15) is 60.7 Å². The Hall–Kier alpha value is -9.13. The highest BCUT2D eigenvalue weighted by molar-refractivity contribution is 6.51. The number of aromatic hydroxyl groups is 17. The number of nitrogens with zero attached hydrogens (tertiary/aromatic N) is 2. The van der Waals surface area contributed by atoms with Gasteiger partial charge in [-0.1, -0.05) is 53.4 Å². The van der Waals surface area contributed by atoms with Gasteiger partial charge in [0.05, 0.1) is 32.7 Å². The van der Waals surface area contributed by atoms with Gasteiger partial charge in [0.25, 0.3) is 0 Å². The maximum atomic E-state index is 12.2. The van der Waals surface area contributed by atoms with E-state index in [-0.39, 0.29) is 5.69 Å². The molecule has 0 bridgehead atoms. The second kappa shape index (κ2) is 12.9. The van der Waals surface area contributed by atoms with Gasteiger partial charge in [-0.3, -0.25) is 4.57 Å². The van der Waals surface area contributed by atoms with Gasteiger partial charge in [-0.2, -0.15) is 0 Å². The summed E-state index contributed by atoms with van der Waals surface area (Å²) in [4.78, 5) is 0. The highest BCUT2D eigenvalue weighted by atomic mass is 16.4. The number of hydrogen-bond donors (Lipinski definition) is 17. The lowest BCUT2D eigenvalue weighted by molar-refractivity contribution is 0.350. The number of phenols is 17. The zero-order valence-corrected chi connectivity index (χ0v) is 31.3. The third-order valence-electron chi connectivity index (χ3n) is 11.1. The molecule has 9 rings (SSSR count). The zero-order chi connectivity index (χ0) is 45.6. The van der Waals surface area contributed by atoms with E-state index < -0.39 is 169 Å². The highest BCUT2D eigenvalue weighted by Crippen LogP contribution is 2.65. The van der Waals surface area contributed by atoms with E-state index in [0.29, 0.717) is 10.1 Å². The summed E-state index contributed by atoms with van der Waals surface area (Å²) in [7, 11) is 11.5. The molecule has 17 N–H and O–H groups in total. The van der Waals surface area contributed by atoms with Crippen LogP contribution >= 0.6 is 0 Å². The van der Waals surface area contributed by atoms with E-state index in [1.807, 2.05) is 12.1 Å². The van der Waals surface area contributed by atoms with Gasteiger partial charge in [0.15, 0.2) is 57.5 Å². The Morgan fingerprint density at radius 3 is 1.08 bits per heavy atom. The summed E-state index contributed by atoms with van der Waals surface area (Å²) in [6.45, 7) is 0. The fourth-order valence-electron chi connectivity index (χ4n) is 8.14. The Balaban J connectivity index is 1.46. The van der Waals surface area contributed by atoms with Gasteiger partial charge in [0, 0.05) is 5.69 Å². The van der Waals surface area contributed by atoms with Crippen molar-refractivity contribution < 1.29 is 86.8 Å². The molecule has 0 aliphatic heterocycles. The molecular formula is C42H26B2N2O17. The van der Waals surface area contributed by atoms with E-state index in [1.54, 1.807) is 30.3 Å². The number of phenolic OH excluding ortho intramolecular Hbond substituents is 17. The highest BCUT2D eigenvalue weighted by Gasteiger charge is 2.38. The zero-order valence-electron chi connectivity index (χ0n) is 31.3. The van der Waals surface area contributed by atoms with Crippen molar-refractivity contribution in [2.75, 3.05) is 0 Å². The van der Waals surface area contributed by atoms with Gasteiger partial charge < -0.3 is 91.4 Å². The first-order valence-corrected chi connectivity index (χ1v) is 18.0. The number of aromatic nitrogens is 2. The summed E-state index contributed by atoms with van der Waals surface area (Å²) < 4.78 is 1.34. The van der Waals surface area contributed by atoms with Crippen LogP contribution in [0.1, 0.15) is 0 Å². The molecule has 7 aromatic carbocycles. The Morgan fingerprint density at radius 2 is 0.635 bits per heavy atom. The molecule has 0 atom stereocenters. The number of fused-ring (bicyclic) bond motifs is 6. The molecular weight excluding hydrogens is 826 g/mol. The van der Waals surface area contributed by atoms with Crippen molar-refractivity contribution >= 4 is 70.2 Å². The van der Waals surface area contributed by atoms with E-state index in [2.05, 4.69) is 0 Å². The van der Waals surface area contributed by atoms with Gasteiger partial charge >= 0.3 is 0 Å². The molecule has 312 valence electrons. The average Bonchev–Trinajstić information content (AvgIpc) is 3.83. The van der Waals surface area contributed by atoms with Crippen LogP contribution in [0.3, 0.4) is 0 Å². The topological polar surface area (TPSA) is 354 Å². The maximum absolute atomic E-state index is 12.2. The molecule has 19 nitrogen and oxygen atoms in total. The van der Waals surface area contributed by atoms with Crippen molar-refractivity contribution in [1.29, 1.82) is 0 Å². The second-order valence-electron chi connectivity index (χ2n) is 14.3. The van der Waals surface area contributed by atoms with Gasteiger partial charge in [-0.25, -0.2) is 0 Å². The Labute approximate surface area is 351 Å². The van der Waals surface area contributed by atoms with Crippen LogP contribution < -0.4 is 10.9 Å². The minimum Gasteiger partial charge on any atom is -0.506 e. The molecule has 0 amide bonds. The molecule has 21 heteroatoms. The SMILES string of the molecule is [B]c1c([B])c(O)c(-n2c3c(O)c(O)c(O)c(O)c3c3c(O)c(-c4c(O)c(O)c5c(c4O)c4c(O)c(O)c(O)c(O)c4n5-c4ccc(-c5ccccc5)cc4)c(O)c(O)c32)c(O)c1O. The predicted octanol–water partition coefficient (Wildman–Crippen LogP) is 3.80. The smallest absolute Gasteiger partial charge is 0.206 e. The lowest BCUT2D eigenvalue weighted by Crippen LogP contribution is -2.27. The fourth-order valence-corrected chi connectivity index (χ4v) is 8.14. The quantitative estimate of drug-likeness (QED) is 0.0680. The Bertz CT molecular complexity index is 3520. The van der Waals surface area contributed by atoms with E-state index in [1.165, 1.54) is 12.1 Å². The van der Waals surface area contributed by atoms with E-state index in [4.69, 9.17) is 15.7 Å². The summed E-state index contributed by atoms with van der Waals surface area (Å²) in [5, 5.41) is 188. The summed E-state index contributed by atoms with van der Waals surface area (Å²) in [6.07, 6.45) is 0. The lowest BCUT2D eigenvalue weighted by Gasteiger charge is -2.19. The first-order chi connectivity index (χ1) is 29.8. The van der Waals surface area contributed by atoms with Crippen LogP contribution in [0.15, 0.2) is 54.6 Å². The molecule has 0 saturated carbocycles. The first kappa shape index (κ1) is 39.3. The molecule has 0 saturated heterocycles. The molecule has 4 radical (unpaired) electrons. The van der Waals surface area contributed by atoms with Gasteiger partial charge in [-0.05, 0) is 23.3 Å². The molecule has 2 heterocycles. The molecule has 0 spiro atoms. The number of benzene rings is 7. The summed E-state index contributed by atoms with van der Waals surface area (Å²) in [5.74, 6) is -22.6. The number of hydrogen-bond acceptors (Lipinski definition) is 17. The van der Waals surface area contributed by atoms with Crippen LogP contribution in [0.4, 0.5) is 0 Å². The predicted molar refractivity (Wildman–Crippen MR) is 225 cm³/mol.